The van der Waals surface area contributed by atoms with Crippen molar-refractivity contribution in [1.82, 2.24) is 31.9 Å². The lowest BCUT2D eigenvalue weighted by Crippen LogP contribution is -2.36. The molecule has 6 amide bonds. The molecule has 0 radical (unpaired) electrons. The third-order valence-corrected chi connectivity index (χ3v) is 16.5. The van der Waals surface area contributed by atoms with Crippen molar-refractivity contribution in [2.45, 2.75) is 125 Å². The van der Waals surface area contributed by atoms with Gasteiger partial charge in [-0.2, -0.15) is 11.8 Å². The average Bonchev–Trinajstić information content (AvgIpc) is 3.97. The minimum atomic E-state index is -1.26. The first-order chi connectivity index (χ1) is 36.4. The largest absolute Gasteiger partial charge is 0.508 e. The highest BCUT2D eigenvalue weighted by molar-refractivity contribution is 8.00. The molecule has 3 aliphatic heterocycles. The van der Waals surface area contributed by atoms with E-state index in [4.69, 9.17) is 4.42 Å². The van der Waals surface area contributed by atoms with Crippen molar-refractivity contribution < 1.29 is 43.4 Å². The van der Waals surface area contributed by atoms with Gasteiger partial charge in [0.15, 0.2) is 5.43 Å². The molecule has 0 saturated carbocycles. The van der Waals surface area contributed by atoms with E-state index in [2.05, 4.69) is 31.9 Å². The van der Waals surface area contributed by atoms with E-state index >= 15 is 0 Å². The predicted octanol–water partition coefficient (Wildman–Crippen LogP) is 8.93. The summed E-state index contributed by atoms with van der Waals surface area (Å²) >= 11 is 3.50. The smallest absolute Gasteiger partial charge is 0.336 e. The molecule has 0 spiro atoms. The molecule has 0 aromatic heterocycles. The van der Waals surface area contributed by atoms with Gasteiger partial charge in [0.2, 0.25) is 17.7 Å². The maximum absolute atomic E-state index is 13.5. The molecule has 3 aromatic carbocycles. The third-order valence-electron chi connectivity index (χ3n) is 13.7. The first-order valence-corrected chi connectivity index (χ1v) is 28.6. The summed E-state index contributed by atoms with van der Waals surface area (Å²) in [6, 6.07) is 23.0. The van der Waals surface area contributed by atoms with E-state index in [9.17, 15) is 43.8 Å². The number of phenols is 1. The number of phenolic OH excluding ortho intramolecular Hbond substituents is 1. The van der Waals surface area contributed by atoms with Crippen LogP contribution < -0.4 is 37.3 Å². The minimum Gasteiger partial charge on any atom is -0.508 e. The fourth-order valence-corrected chi connectivity index (χ4v) is 12.5. The van der Waals surface area contributed by atoms with Gasteiger partial charge in [0.05, 0.1) is 17.6 Å². The van der Waals surface area contributed by atoms with Crippen molar-refractivity contribution in [1.29, 1.82) is 0 Å². The second-order valence-corrected chi connectivity index (χ2v) is 21.8. The normalized spacial score (nSPS) is 16.2. The summed E-state index contributed by atoms with van der Waals surface area (Å²) in [5, 5.41) is 38.7. The fraction of sp³-hybridized carbons (Fsp3) is 0.456. The number of rotatable bonds is 31. The number of carboxylic acid groups (broad SMARTS) is 1. The average molecular weight is 1060 g/mol. The molecule has 16 nitrogen and oxygen atoms in total. The van der Waals surface area contributed by atoms with Crippen LogP contribution in [0.25, 0.3) is 33.4 Å². The Hall–Kier alpha value is -6.53. The zero-order valence-corrected chi connectivity index (χ0v) is 44.1. The van der Waals surface area contributed by atoms with E-state index in [-0.39, 0.29) is 82.6 Å². The highest BCUT2D eigenvalue weighted by atomic mass is 32.2. The lowest BCUT2D eigenvalue weighted by molar-refractivity contribution is -0.121. The number of hydrogen-bond donors (Lipinski definition) is 8. The Morgan fingerprint density at radius 3 is 2.08 bits per heavy atom. The number of benzene rings is 4. The quantitative estimate of drug-likeness (QED) is 0.0118. The number of amides is 6. The van der Waals surface area contributed by atoms with Gasteiger partial charge in [-0.05, 0) is 98.2 Å². The minimum absolute atomic E-state index is 0.0642. The highest BCUT2D eigenvalue weighted by Crippen LogP contribution is 2.42. The van der Waals surface area contributed by atoms with Crippen LogP contribution in [0.3, 0.4) is 0 Å². The Bertz CT molecular complexity index is 2770. The fourth-order valence-electron chi connectivity index (χ4n) is 9.72. The maximum atomic E-state index is 13.5. The molecule has 4 aliphatic rings. The Balaban J connectivity index is 0.716. The number of thioether (sulfide) groups is 2. The zero-order valence-electron chi connectivity index (χ0n) is 42.4. The lowest BCUT2D eigenvalue weighted by atomic mass is 9.90. The van der Waals surface area contributed by atoms with E-state index in [1.807, 2.05) is 42.1 Å². The first kappa shape index (κ1) is 56.2. The van der Waals surface area contributed by atoms with Crippen LogP contribution in [0.5, 0.6) is 5.75 Å². The number of carbonyl (C=O) groups is 6. The molecular weight excluding hydrogens is 993 g/mol. The van der Waals surface area contributed by atoms with Crippen molar-refractivity contribution in [3.8, 4) is 28.2 Å². The van der Waals surface area contributed by atoms with Gasteiger partial charge >= 0.3 is 12.0 Å². The number of nitrogens with one attached hydrogen (secondary N) is 6. The summed E-state index contributed by atoms with van der Waals surface area (Å²) in [6.07, 6.45) is 15.0. The summed E-state index contributed by atoms with van der Waals surface area (Å²) in [5.41, 5.74) is 2.09. The molecular formula is C57H70N6O10S2. The number of fused-ring (bicyclic) bond motifs is 3. The first-order valence-electron chi connectivity index (χ1n) is 26.5. The van der Waals surface area contributed by atoms with E-state index in [0.717, 1.165) is 107 Å². The number of urea groups is 1. The van der Waals surface area contributed by atoms with E-state index in [1.165, 1.54) is 36.4 Å². The number of aromatic carboxylic acids is 1. The molecule has 0 bridgehead atoms. The van der Waals surface area contributed by atoms with Crippen LogP contribution in [-0.4, -0.2) is 101 Å². The van der Waals surface area contributed by atoms with Crippen LogP contribution in [0.4, 0.5) is 4.79 Å². The molecule has 3 aromatic rings. The van der Waals surface area contributed by atoms with E-state index < -0.39 is 17.1 Å². The van der Waals surface area contributed by atoms with Crippen molar-refractivity contribution in [3.63, 3.8) is 0 Å². The number of unbranched alkanes of at least 4 members (excludes halogenated alkanes) is 10. The molecule has 4 atom stereocenters. The summed E-state index contributed by atoms with van der Waals surface area (Å²) in [7, 11) is 0. The summed E-state index contributed by atoms with van der Waals surface area (Å²) in [6.45, 7) is 1.59. The van der Waals surface area contributed by atoms with Gasteiger partial charge < -0.3 is 46.5 Å². The van der Waals surface area contributed by atoms with Gasteiger partial charge in [0.25, 0.3) is 5.91 Å². The van der Waals surface area contributed by atoms with E-state index in [0.29, 0.717) is 53.3 Å². The molecule has 75 heavy (non-hydrogen) atoms. The Kier molecular flexibility index (Phi) is 21.7. The molecule has 3 heterocycles. The highest BCUT2D eigenvalue weighted by Gasteiger charge is 2.42. The van der Waals surface area contributed by atoms with Gasteiger partial charge in [0, 0.05) is 84.2 Å². The van der Waals surface area contributed by atoms with Crippen molar-refractivity contribution in [3.05, 3.63) is 112 Å². The zero-order chi connectivity index (χ0) is 52.9. The Morgan fingerprint density at radius 1 is 0.680 bits per heavy atom. The molecule has 400 valence electrons. The van der Waals surface area contributed by atoms with Crippen LogP contribution in [0.15, 0.2) is 94.1 Å². The van der Waals surface area contributed by atoms with Gasteiger partial charge in [-0.1, -0.05) is 81.3 Å². The van der Waals surface area contributed by atoms with Crippen molar-refractivity contribution >= 4 is 70.1 Å². The summed E-state index contributed by atoms with van der Waals surface area (Å²) in [5.74, 6) is 0.173. The molecule has 2 unspecified atom stereocenters. The van der Waals surface area contributed by atoms with Gasteiger partial charge in [0.1, 0.15) is 22.3 Å². The van der Waals surface area contributed by atoms with Crippen LogP contribution >= 0.6 is 23.5 Å². The summed E-state index contributed by atoms with van der Waals surface area (Å²) in [4.78, 5) is 87.8. The molecule has 2 saturated heterocycles. The molecule has 18 heteroatoms. The Labute approximate surface area is 446 Å². The van der Waals surface area contributed by atoms with E-state index in [1.54, 1.807) is 30.0 Å². The summed E-state index contributed by atoms with van der Waals surface area (Å²) < 4.78 is 5.91. The Morgan fingerprint density at radius 2 is 1.35 bits per heavy atom. The standard InChI is InChI=1S/C57H70N6O10S2/c64-39-23-26-42-46(34-39)73-47-35-40(65)24-27-43(47)51(42)41-25-22-38(33-44(41)56(70)71)54(68)60-30-31-61-55(69)53(37-17-9-7-10-18-37)74-32-16-6-4-2-1-3-5-11-20-49(66)58-28-14-8-15-29-59-50(67)21-13-12-19-48-52-45(36-75-48)62-57(72)63-52/h7,9-10,17-18,22-27,33-35,45,48,52-53,64H,1-6,8,11-16,19-21,28-32,36H2,(H,58,66)(H,59,67)(H,60,68)(H,61,69)(H,70,71)(H2,62,63,72)/t45-,48?,52-,53?/m0/s1. The van der Waals surface area contributed by atoms with Crippen LogP contribution in [0.2, 0.25) is 0 Å². The molecule has 7 rings (SSSR count). The van der Waals surface area contributed by atoms with Crippen molar-refractivity contribution in [2.24, 2.45) is 0 Å². The molecule has 8 N–H and O–H groups in total. The number of carboxylic acids is 1. The van der Waals surface area contributed by atoms with Gasteiger partial charge in [-0.3, -0.25) is 24.0 Å². The van der Waals surface area contributed by atoms with Crippen LogP contribution in [-0.2, 0) is 14.4 Å². The van der Waals surface area contributed by atoms with Crippen molar-refractivity contribution in [2.75, 3.05) is 37.7 Å². The topological polar surface area (TPSA) is 245 Å². The number of carbonyl (C=O) groups excluding carboxylic acids is 5. The number of aromatic hydroxyl groups is 1. The monoisotopic (exact) mass is 1060 g/mol. The predicted molar refractivity (Wildman–Crippen MR) is 296 cm³/mol. The van der Waals surface area contributed by atoms with Gasteiger partial charge in [-0.15, -0.1) is 11.8 Å². The SMILES string of the molecule is O=C(CCCCCCCCCCSC(C(=O)NCCNC(=O)c1ccc(-c2c3ccc(=O)cc-3oc3cc(O)ccc23)c(C(=O)O)c1)c1ccccc1)NCCCCCNC(=O)CCCCC1SC[C@@H]2NC(=O)N[C@H]12. The second kappa shape index (κ2) is 29.0. The lowest BCUT2D eigenvalue weighted by Gasteiger charge is -2.18. The van der Waals surface area contributed by atoms with Crippen LogP contribution in [0.1, 0.15) is 134 Å². The third kappa shape index (κ3) is 16.7. The molecule has 2 fully saturated rings. The molecule has 1 aliphatic carbocycles. The maximum Gasteiger partial charge on any atom is 0.336 e. The second-order valence-electron chi connectivity index (χ2n) is 19.3. The van der Waals surface area contributed by atoms with Gasteiger partial charge in [-0.25, -0.2) is 9.59 Å². The number of hydrogen-bond acceptors (Lipinski definition) is 11. The van der Waals surface area contributed by atoms with Crippen LogP contribution in [0, 0.1) is 0 Å².